The van der Waals surface area contributed by atoms with Crippen LogP contribution in [0.4, 0.5) is 0 Å². The average molecular weight is 354 g/mol. The number of ketones is 1. The van der Waals surface area contributed by atoms with E-state index in [9.17, 15) is 14.7 Å². The molecule has 0 unspecified atom stereocenters. The summed E-state index contributed by atoms with van der Waals surface area (Å²) >= 11 is 5.88. The van der Waals surface area contributed by atoms with Crippen molar-refractivity contribution in [2.24, 2.45) is 0 Å². The number of Topliss-reactive ketones (excluding diaryl/α,β-unsaturated/α-hetero) is 1. The third-order valence-electron chi connectivity index (χ3n) is 4.10. The summed E-state index contributed by atoms with van der Waals surface area (Å²) in [5.74, 6) is -1.57. The molecular formula is C20H16ClNO3. The van der Waals surface area contributed by atoms with Crippen molar-refractivity contribution in [1.82, 2.24) is 4.90 Å². The second-order valence-corrected chi connectivity index (χ2v) is 6.09. The first-order valence-electron chi connectivity index (χ1n) is 7.74. The molecule has 126 valence electrons. The molecule has 5 heteroatoms. The third-order valence-corrected chi connectivity index (χ3v) is 4.35. The average Bonchev–Trinajstić information content (AvgIpc) is 2.88. The number of hydrogen-bond acceptors (Lipinski definition) is 3. The maximum absolute atomic E-state index is 12.6. The molecule has 0 saturated carbocycles. The van der Waals surface area contributed by atoms with Crippen molar-refractivity contribution in [3.8, 4) is 0 Å². The molecular weight excluding hydrogens is 338 g/mol. The molecule has 1 amide bonds. The Morgan fingerprint density at radius 1 is 1.12 bits per heavy atom. The van der Waals surface area contributed by atoms with Crippen LogP contribution in [-0.2, 0) is 9.59 Å². The maximum Gasteiger partial charge on any atom is 0.295 e. The summed E-state index contributed by atoms with van der Waals surface area (Å²) in [6, 6.07) is 14.9. The van der Waals surface area contributed by atoms with Crippen molar-refractivity contribution in [3.05, 3.63) is 89.0 Å². The summed E-state index contributed by atoms with van der Waals surface area (Å²) in [4.78, 5) is 26.4. The molecule has 1 aliphatic heterocycles. The Kier molecular flexibility index (Phi) is 4.72. The summed E-state index contributed by atoms with van der Waals surface area (Å²) in [6.07, 6.45) is 1.56. The van der Waals surface area contributed by atoms with Crippen molar-refractivity contribution < 1.29 is 14.7 Å². The molecule has 0 aromatic heterocycles. The minimum Gasteiger partial charge on any atom is -0.507 e. The lowest BCUT2D eigenvalue weighted by atomic mass is 9.95. The molecule has 1 atom stereocenters. The lowest BCUT2D eigenvalue weighted by Crippen LogP contribution is -2.29. The van der Waals surface area contributed by atoms with Crippen LogP contribution in [0.3, 0.4) is 0 Å². The lowest BCUT2D eigenvalue weighted by molar-refractivity contribution is -0.139. The van der Waals surface area contributed by atoms with Crippen LogP contribution >= 0.6 is 11.6 Å². The molecule has 4 nitrogen and oxygen atoms in total. The highest BCUT2D eigenvalue weighted by molar-refractivity contribution is 6.46. The SMILES string of the molecule is C=CCN1C(=O)C(=O)C(=C(O)c2ccc(Cl)cc2)[C@@H]1c1ccccc1. The van der Waals surface area contributed by atoms with E-state index in [1.165, 1.54) is 4.90 Å². The van der Waals surface area contributed by atoms with Gasteiger partial charge in [0, 0.05) is 17.1 Å². The Bertz CT molecular complexity index is 856. The van der Waals surface area contributed by atoms with Gasteiger partial charge in [-0.2, -0.15) is 0 Å². The number of nitrogens with zero attached hydrogens (tertiary/aromatic N) is 1. The second kappa shape index (κ2) is 6.95. The molecule has 1 aliphatic rings. The lowest BCUT2D eigenvalue weighted by Gasteiger charge is -2.24. The topological polar surface area (TPSA) is 57.6 Å². The number of halogens is 1. The maximum atomic E-state index is 12.6. The van der Waals surface area contributed by atoms with Gasteiger partial charge in [-0.05, 0) is 29.8 Å². The van der Waals surface area contributed by atoms with Crippen molar-refractivity contribution in [1.29, 1.82) is 0 Å². The number of amides is 1. The van der Waals surface area contributed by atoms with Crippen LogP contribution in [0.5, 0.6) is 0 Å². The fourth-order valence-corrected chi connectivity index (χ4v) is 3.08. The minimum absolute atomic E-state index is 0.0698. The van der Waals surface area contributed by atoms with Gasteiger partial charge < -0.3 is 10.0 Å². The molecule has 0 aliphatic carbocycles. The predicted octanol–water partition coefficient (Wildman–Crippen LogP) is 3.95. The monoisotopic (exact) mass is 353 g/mol. The van der Waals surface area contributed by atoms with Crippen LogP contribution in [0.25, 0.3) is 5.76 Å². The first-order chi connectivity index (χ1) is 12.0. The minimum atomic E-state index is -0.705. The molecule has 2 aromatic rings. The zero-order valence-electron chi connectivity index (χ0n) is 13.4. The van der Waals surface area contributed by atoms with Crippen molar-refractivity contribution in [2.45, 2.75) is 6.04 Å². The first-order valence-corrected chi connectivity index (χ1v) is 8.12. The molecule has 1 saturated heterocycles. The smallest absolute Gasteiger partial charge is 0.295 e. The quantitative estimate of drug-likeness (QED) is 0.392. The Balaban J connectivity index is 2.19. The van der Waals surface area contributed by atoms with Gasteiger partial charge in [0.15, 0.2) is 0 Å². The Labute approximate surface area is 150 Å². The molecule has 1 heterocycles. The molecule has 0 radical (unpaired) electrons. The van der Waals surface area contributed by atoms with Gasteiger partial charge in [0.05, 0.1) is 11.6 Å². The zero-order chi connectivity index (χ0) is 18.0. The summed E-state index contributed by atoms with van der Waals surface area (Å²) in [6.45, 7) is 3.86. The molecule has 1 N–H and O–H groups in total. The molecule has 0 spiro atoms. The Hall–Kier alpha value is -2.85. The number of hydrogen-bond donors (Lipinski definition) is 1. The number of rotatable bonds is 4. The third kappa shape index (κ3) is 3.08. The van der Waals surface area contributed by atoms with Crippen LogP contribution in [0.1, 0.15) is 17.2 Å². The van der Waals surface area contributed by atoms with Crippen LogP contribution in [0.15, 0.2) is 72.8 Å². The second-order valence-electron chi connectivity index (χ2n) is 5.66. The standard InChI is InChI=1S/C20H16ClNO3/c1-2-12-22-17(13-6-4-3-5-7-13)16(19(24)20(22)25)18(23)14-8-10-15(21)11-9-14/h2-11,17,23H,1,12H2/t17-/m0/s1. The molecule has 1 fully saturated rings. The number of carbonyl (C=O) groups is 2. The fourth-order valence-electron chi connectivity index (χ4n) is 2.95. The fraction of sp³-hybridized carbons (Fsp3) is 0.100. The largest absolute Gasteiger partial charge is 0.507 e. The molecule has 0 bridgehead atoms. The van der Waals surface area contributed by atoms with Gasteiger partial charge in [-0.15, -0.1) is 6.58 Å². The highest BCUT2D eigenvalue weighted by Gasteiger charge is 2.45. The normalized spacial score (nSPS) is 19.2. The van der Waals surface area contributed by atoms with Crippen molar-refractivity contribution >= 4 is 29.1 Å². The van der Waals surface area contributed by atoms with E-state index in [-0.39, 0.29) is 17.9 Å². The van der Waals surface area contributed by atoms with Gasteiger partial charge >= 0.3 is 0 Å². The van der Waals surface area contributed by atoms with E-state index >= 15 is 0 Å². The predicted molar refractivity (Wildman–Crippen MR) is 97.1 cm³/mol. The summed E-state index contributed by atoms with van der Waals surface area (Å²) < 4.78 is 0. The van der Waals surface area contributed by atoms with Crippen LogP contribution < -0.4 is 0 Å². The van der Waals surface area contributed by atoms with E-state index in [4.69, 9.17) is 11.6 Å². The number of carbonyl (C=O) groups excluding carboxylic acids is 2. The Morgan fingerprint density at radius 2 is 1.76 bits per heavy atom. The highest BCUT2D eigenvalue weighted by Crippen LogP contribution is 2.39. The number of aliphatic hydroxyl groups excluding tert-OH is 1. The van der Waals surface area contributed by atoms with E-state index in [0.29, 0.717) is 10.6 Å². The van der Waals surface area contributed by atoms with Gasteiger partial charge in [0.25, 0.3) is 11.7 Å². The molecule has 2 aromatic carbocycles. The number of likely N-dealkylation sites (tertiary alicyclic amines) is 1. The van der Waals surface area contributed by atoms with E-state index in [2.05, 4.69) is 6.58 Å². The molecule has 3 rings (SSSR count). The first kappa shape index (κ1) is 17.0. The number of benzene rings is 2. The van der Waals surface area contributed by atoms with E-state index in [1.54, 1.807) is 30.3 Å². The zero-order valence-corrected chi connectivity index (χ0v) is 14.1. The van der Waals surface area contributed by atoms with Gasteiger partial charge in [-0.1, -0.05) is 48.0 Å². The summed E-state index contributed by atoms with van der Waals surface area (Å²) in [7, 11) is 0. The van der Waals surface area contributed by atoms with Gasteiger partial charge in [-0.3, -0.25) is 9.59 Å². The van der Waals surface area contributed by atoms with Crippen LogP contribution in [0, 0.1) is 0 Å². The van der Waals surface area contributed by atoms with Crippen molar-refractivity contribution in [2.75, 3.05) is 6.54 Å². The number of aliphatic hydroxyl groups is 1. The highest BCUT2D eigenvalue weighted by atomic mass is 35.5. The van der Waals surface area contributed by atoms with Gasteiger partial charge in [0.1, 0.15) is 5.76 Å². The summed E-state index contributed by atoms with van der Waals surface area (Å²) in [5, 5.41) is 11.2. The van der Waals surface area contributed by atoms with Gasteiger partial charge in [-0.25, -0.2) is 0 Å². The van der Waals surface area contributed by atoms with E-state index < -0.39 is 17.7 Å². The van der Waals surface area contributed by atoms with E-state index in [0.717, 1.165) is 5.56 Å². The van der Waals surface area contributed by atoms with Crippen LogP contribution in [-0.4, -0.2) is 28.2 Å². The van der Waals surface area contributed by atoms with Gasteiger partial charge in [0.2, 0.25) is 0 Å². The van der Waals surface area contributed by atoms with Crippen molar-refractivity contribution in [3.63, 3.8) is 0 Å². The Morgan fingerprint density at radius 3 is 2.36 bits per heavy atom. The summed E-state index contributed by atoms with van der Waals surface area (Å²) in [5.41, 5.74) is 1.25. The molecule has 25 heavy (non-hydrogen) atoms. The van der Waals surface area contributed by atoms with E-state index in [1.807, 2.05) is 30.3 Å². The van der Waals surface area contributed by atoms with Crippen LogP contribution in [0.2, 0.25) is 5.02 Å².